The van der Waals surface area contributed by atoms with Crippen molar-refractivity contribution in [3.63, 3.8) is 0 Å². The van der Waals surface area contributed by atoms with Gasteiger partial charge in [-0.15, -0.1) is 0 Å². The van der Waals surface area contributed by atoms with Crippen molar-refractivity contribution in [2.24, 2.45) is 0 Å². The molecule has 0 saturated carbocycles. The number of nitrogens with one attached hydrogen (secondary N) is 1. The molecule has 1 atom stereocenters. The third-order valence-corrected chi connectivity index (χ3v) is 5.02. The van der Waals surface area contributed by atoms with Crippen LogP contribution in [0.3, 0.4) is 0 Å². The number of aromatic amines is 1. The number of amides is 1. The van der Waals surface area contributed by atoms with Crippen molar-refractivity contribution in [2.45, 2.75) is 45.2 Å². The van der Waals surface area contributed by atoms with Gasteiger partial charge in [0, 0.05) is 25.4 Å². The average Bonchev–Trinajstić information content (AvgIpc) is 3.27. The number of likely N-dealkylation sites (tertiary alicyclic amines) is 1. The highest BCUT2D eigenvalue weighted by Crippen LogP contribution is 2.31. The van der Waals surface area contributed by atoms with E-state index in [9.17, 15) is 9.18 Å². The molecule has 0 radical (unpaired) electrons. The summed E-state index contributed by atoms with van der Waals surface area (Å²) in [7, 11) is 0. The largest absolute Gasteiger partial charge is 0.340 e. The summed E-state index contributed by atoms with van der Waals surface area (Å²) < 4.78 is 15.4. The number of rotatable bonds is 4. The Labute approximate surface area is 151 Å². The zero-order chi connectivity index (χ0) is 18.1. The van der Waals surface area contributed by atoms with Crippen molar-refractivity contribution in [2.75, 3.05) is 6.54 Å². The van der Waals surface area contributed by atoms with Crippen LogP contribution in [0.15, 0.2) is 30.6 Å². The number of H-pyrrole nitrogens is 1. The first kappa shape index (κ1) is 16.8. The van der Waals surface area contributed by atoms with Crippen LogP contribution in [-0.4, -0.2) is 36.9 Å². The van der Waals surface area contributed by atoms with Crippen molar-refractivity contribution in [3.8, 4) is 0 Å². The van der Waals surface area contributed by atoms with Crippen molar-refractivity contribution in [1.82, 2.24) is 24.4 Å². The van der Waals surface area contributed by atoms with Gasteiger partial charge in [0.15, 0.2) is 0 Å². The third kappa shape index (κ3) is 3.09. The van der Waals surface area contributed by atoms with E-state index in [1.807, 2.05) is 22.6 Å². The number of aryl methyl sites for hydroxylation is 1. The highest BCUT2D eigenvalue weighted by Gasteiger charge is 2.30. The highest BCUT2D eigenvalue weighted by molar-refractivity contribution is 5.78. The molecule has 2 aromatic heterocycles. The van der Waals surface area contributed by atoms with E-state index in [0.29, 0.717) is 12.1 Å². The lowest BCUT2D eigenvalue weighted by molar-refractivity contribution is -0.136. The smallest absolute Gasteiger partial charge is 0.243 e. The number of fused-ring (bicyclic) bond motifs is 1. The first-order valence-electron chi connectivity index (χ1n) is 9.10. The Morgan fingerprint density at radius 3 is 3.12 bits per heavy atom. The van der Waals surface area contributed by atoms with Crippen LogP contribution in [0.5, 0.6) is 0 Å². The van der Waals surface area contributed by atoms with E-state index >= 15 is 0 Å². The fourth-order valence-electron chi connectivity index (χ4n) is 3.71. The summed E-state index contributed by atoms with van der Waals surface area (Å²) in [5, 5.41) is 0. The maximum absolute atomic E-state index is 13.5. The molecule has 0 unspecified atom stereocenters. The van der Waals surface area contributed by atoms with E-state index in [-0.39, 0.29) is 24.3 Å². The first-order valence-corrected chi connectivity index (χ1v) is 9.10. The van der Waals surface area contributed by atoms with E-state index < -0.39 is 0 Å². The van der Waals surface area contributed by atoms with Gasteiger partial charge in [0.25, 0.3) is 0 Å². The fourth-order valence-corrected chi connectivity index (χ4v) is 3.71. The molecule has 1 N–H and O–H groups in total. The van der Waals surface area contributed by atoms with Gasteiger partial charge in [-0.2, -0.15) is 0 Å². The molecular formula is C19H22FN5O. The molecule has 1 saturated heterocycles. The van der Waals surface area contributed by atoms with Crippen LogP contribution >= 0.6 is 0 Å². The number of benzene rings is 1. The molecule has 0 bridgehead atoms. The number of hydrogen-bond donors (Lipinski definition) is 1. The van der Waals surface area contributed by atoms with Gasteiger partial charge in [0.1, 0.15) is 24.0 Å². The molecule has 1 aliphatic heterocycles. The van der Waals surface area contributed by atoms with Gasteiger partial charge in [-0.05, 0) is 37.5 Å². The second kappa shape index (κ2) is 6.90. The average molecular weight is 355 g/mol. The molecule has 136 valence electrons. The molecule has 1 fully saturated rings. The standard InChI is InChI=1S/C19H22FN5O/c1-2-17-21-8-10-24(17)12-18(26)25-9-4-3-5-16(25)19-22-14-7-6-13(20)11-15(14)23-19/h6-8,10-11,16H,2-5,9,12H2,1H3,(H,22,23)/t16-/m0/s1. The summed E-state index contributed by atoms with van der Waals surface area (Å²) in [4.78, 5) is 27.0. The van der Waals surface area contributed by atoms with Gasteiger partial charge in [-0.1, -0.05) is 6.92 Å². The molecule has 0 spiro atoms. The molecule has 1 aromatic carbocycles. The summed E-state index contributed by atoms with van der Waals surface area (Å²) >= 11 is 0. The van der Waals surface area contributed by atoms with E-state index in [4.69, 9.17) is 0 Å². The van der Waals surface area contributed by atoms with Crippen LogP contribution in [0.4, 0.5) is 4.39 Å². The van der Waals surface area contributed by atoms with Crippen molar-refractivity contribution in [1.29, 1.82) is 0 Å². The minimum absolute atomic E-state index is 0.0639. The number of carbonyl (C=O) groups excluding carboxylic acids is 1. The summed E-state index contributed by atoms with van der Waals surface area (Å²) in [6.45, 7) is 3.03. The van der Waals surface area contributed by atoms with Gasteiger partial charge in [-0.25, -0.2) is 14.4 Å². The summed E-state index contributed by atoms with van der Waals surface area (Å²) in [6, 6.07) is 4.42. The molecule has 1 aliphatic rings. The van der Waals surface area contributed by atoms with Crippen LogP contribution in [0.25, 0.3) is 11.0 Å². The Bertz CT molecular complexity index is 931. The van der Waals surface area contributed by atoms with Crippen LogP contribution in [0.1, 0.15) is 43.9 Å². The Kier molecular flexibility index (Phi) is 4.44. The maximum atomic E-state index is 13.5. The van der Waals surface area contributed by atoms with E-state index in [1.54, 1.807) is 12.3 Å². The lowest BCUT2D eigenvalue weighted by Crippen LogP contribution is -2.40. The number of hydrogen-bond acceptors (Lipinski definition) is 3. The summed E-state index contributed by atoms with van der Waals surface area (Å²) in [5.74, 6) is 1.41. The number of aromatic nitrogens is 4. The second-order valence-electron chi connectivity index (χ2n) is 6.71. The molecule has 6 nitrogen and oxygen atoms in total. The lowest BCUT2D eigenvalue weighted by atomic mass is 10.0. The number of imidazole rings is 2. The monoisotopic (exact) mass is 355 g/mol. The van der Waals surface area contributed by atoms with E-state index in [1.165, 1.54) is 12.1 Å². The van der Waals surface area contributed by atoms with Gasteiger partial charge in [0.2, 0.25) is 5.91 Å². The normalized spacial score (nSPS) is 17.8. The van der Waals surface area contributed by atoms with Crippen LogP contribution in [0.2, 0.25) is 0 Å². The Balaban J connectivity index is 1.60. The van der Waals surface area contributed by atoms with Gasteiger partial charge in [-0.3, -0.25) is 4.79 Å². The minimum atomic E-state index is -0.295. The molecule has 3 heterocycles. The van der Waals surface area contributed by atoms with E-state index in [0.717, 1.165) is 42.8 Å². The van der Waals surface area contributed by atoms with Gasteiger partial charge >= 0.3 is 0 Å². The molecular weight excluding hydrogens is 333 g/mol. The molecule has 1 amide bonds. The van der Waals surface area contributed by atoms with E-state index in [2.05, 4.69) is 15.0 Å². The summed E-state index contributed by atoms with van der Waals surface area (Å²) in [6.07, 6.45) is 7.26. The maximum Gasteiger partial charge on any atom is 0.243 e. The van der Waals surface area contributed by atoms with Crippen molar-refractivity contribution >= 4 is 16.9 Å². The summed E-state index contributed by atoms with van der Waals surface area (Å²) in [5.41, 5.74) is 1.39. The number of piperidine rings is 1. The first-order chi connectivity index (χ1) is 12.7. The molecule has 0 aliphatic carbocycles. The predicted octanol–water partition coefficient (Wildman–Crippen LogP) is 3.21. The minimum Gasteiger partial charge on any atom is -0.340 e. The SMILES string of the molecule is CCc1nccn1CC(=O)N1CCCC[C@H]1c1nc2ccc(F)cc2[nH]1. The van der Waals surface area contributed by atoms with Crippen molar-refractivity contribution in [3.05, 3.63) is 48.1 Å². The number of nitrogens with zero attached hydrogens (tertiary/aromatic N) is 4. The highest BCUT2D eigenvalue weighted by atomic mass is 19.1. The predicted molar refractivity (Wildman–Crippen MR) is 96.0 cm³/mol. The molecule has 3 aromatic rings. The Hall–Kier alpha value is -2.70. The lowest BCUT2D eigenvalue weighted by Gasteiger charge is -2.34. The second-order valence-corrected chi connectivity index (χ2v) is 6.71. The number of halogens is 1. The van der Waals surface area contributed by atoms with Gasteiger partial charge in [0.05, 0.1) is 17.1 Å². The zero-order valence-corrected chi connectivity index (χ0v) is 14.8. The van der Waals surface area contributed by atoms with Gasteiger partial charge < -0.3 is 14.5 Å². The Morgan fingerprint density at radius 2 is 2.27 bits per heavy atom. The van der Waals surface area contributed by atoms with Crippen molar-refractivity contribution < 1.29 is 9.18 Å². The Morgan fingerprint density at radius 1 is 1.38 bits per heavy atom. The van der Waals surface area contributed by atoms with Crippen LogP contribution in [-0.2, 0) is 17.8 Å². The topological polar surface area (TPSA) is 66.8 Å². The molecule has 4 rings (SSSR count). The van der Waals surface area contributed by atoms with Crippen LogP contribution in [0, 0.1) is 5.82 Å². The number of carbonyl (C=O) groups is 1. The van der Waals surface area contributed by atoms with Crippen LogP contribution < -0.4 is 0 Å². The third-order valence-electron chi connectivity index (χ3n) is 5.02. The zero-order valence-electron chi connectivity index (χ0n) is 14.8. The quantitative estimate of drug-likeness (QED) is 0.781. The fraction of sp³-hybridized carbons (Fsp3) is 0.421. The molecule has 7 heteroatoms. The molecule has 26 heavy (non-hydrogen) atoms.